The highest BCUT2D eigenvalue weighted by Crippen LogP contribution is 2.43. The first kappa shape index (κ1) is 31.3. The fourth-order valence-electron chi connectivity index (χ4n) is 5.32. The fourth-order valence-corrected chi connectivity index (χ4v) is 5.32. The van der Waals surface area contributed by atoms with E-state index < -0.39 is 54.7 Å². The number of nitrogens with one attached hydrogen (secondary N) is 2. The van der Waals surface area contributed by atoms with Gasteiger partial charge in [0.05, 0.1) is 6.33 Å². The zero-order valence-corrected chi connectivity index (χ0v) is 21.5. The van der Waals surface area contributed by atoms with Crippen molar-refractivity contribution in [2.45, 2.75) is 82.3 Å². The molecule has 6 unspecified atom stereocenters. The summed E-state index contributed by atoms with van der Waals surface area (Å²) >= 11 is 0. The van der Waals surface area contributed by atoms with Gasteiger partial charge in [0.2, 0.25) is 11.8 Å². The molecule has 8 atom stereocenters. The number of aromatic nitrogens is 2. The third kappa shape index (κ3) is 10.1. The molecule has 13 N–H and O–H groups in total. The Morgan fingerprint density at radius 3 is 2.37 bits per heavy atom. The molecule has 1 fully saturated rings. The van der Waals surface area contributed by atoms with Crippen LogP contribution in [0.5, 0.6) is 0 Å². The lowest BCUT2D eigenvalue weighted by atomic mass is 9.64. The minimum Gasteiger partial charge on any atom is -0.550 e. The van der Waals surface area contributed by atoms with Crippen LogP contribution in [-0.2, 0) is 25.6 Å². The van der Waals surface area contributed by atoms with E-state index in [1.165, 1.54) is 6.33 Å². The predicted molar refractivity (Wildman–Crippen MR) is 131 cm³/mol. The van der Waals surface area contributed by atoms with Crippen LogP contribution in [0.25, 0.3) is 0 Å². The van der Waals surface area contributed by atoms with Crippen LogP contribution in [0.4, 0.5) is 0 Å². The highest BCUT2D eigenvalue weighted by molar-refractivity contribution is 5.88. The minimum atomic E-state index is -1.37. The number of carbonyl (C=O) groups is 4. The number of carboxylic acids is 1. The number of aliphatic hydroxyl groups is 2. The van der Waals surface area contributed by atoms with E-state index in [2.05, 4.69) is 21.0 Å². The molecule has 1 saturated carbocycles. The summed E-state index contributed by atoms with van der Waals surface area (Å²) in [6.07, 6.45) is 2.38. The Morgan fingerprint density at radius 2 is 1.82 bits per heavy atom. The summed E-state index contributed by atoms with van der Waals surface area (Å²) in [6.45, 7) is 0. The maximum atomic E-state index is 13.4. The Bertz CT molecular complexity index is 925. The molecule has 14 heteroatoms. The second kappa shape index (κ2) is 14.9. The number of nitrogens with two attached hydrogens (primary N) is 3. The van der Waals surface area contributed by atoms with E-state index in [1.807, 2.05) is 0 Å². The van der Waals surface area contributed by atoms with Gasteiger partial charge in [0.25, 0.3) is 0 Å². The molecular formula is C24H41N7O7. The summed E-state index contributed by atoms with van der Waals surface area (Å²) in [5.41, 5.74) is 21.2. The number of carbonyl (C=O) groups excluding carboxylic acids is 4. The number of hydrogen-bond donors (Lipinski definition) is 8. The van der Waals surface area contributed by atoms with Crippen LogP contribution in [-0.4, -0.2) is 68.3 Å². The number of rotatable bonds is 16. The SMILES string of the molecule is NC(=O)C(CCC(=O)[O-])NC(=O)[C@H]1CC(CC(N)O)C(CC(=O)C([NH3+])CCC(N)O)C[C@@H]1Cc1cnc[nH]1. The van der Waals surface area contributed by atoms with Crippen molar-refractivity contribution in [2.75, 3.05) is 0 Å². The minimum absolute atomic E-state index is 0.105. The molecule has 2 rings (SSSR count). The van der Waals surface area contributed by atoms with Crippen molar-refractivity contribution in [2.24, 2.45) is 40.9 Å². The maximum absolute atomic E-state index is 13.4. The van der Waals surface area contributed by atoms with E-state index in [9.17, 15) is 34.5 Å². The number of quaternary nitrogens is 1. The Balaban J connectivity index is 2.25. The average Bonchev–Trinajstić information content (AvgIpc) is 3.33. The summed E-state index contributed by atoms with van der Waals surface area (Å²) in [4.78, 5) is 56.1. The van der Waals surface area contributed by atoms with Gasteiger partial charge < -0.3 is 53.3 Å². The highest BCUT2D eigenvalue weighted by Gasteiger charge is 2.42. The first-order valence-corrected chi connectivity index (χ1v) is 12.9. The Labute approximate surface area is 220 Å². The second-order valence-corrected chi connectivity index (χ2v) is 10.3. The van der Waals surface area contributed by atoms with E-state index in [0.29, 0.717) is 19.3 Å². The Kier molecular flexibility index (Phi) is 12.3. The zero-order chi connectivity index (χ0) is 28.4. The topological polar surface area (TPSA) is 278 Å². The normalized spacial score (nSPS) is 24.7. The largest absolute Gasteiger partial charge is 0.550 e. The maximum Gasteiger partial charge on any atom is 0.240 e. The van der Waals surface area contributed by atoms with Crippen LogP contribution in [0, 0.1) is 23.7 Å². The number of aliphatic carboxylic acids is 1. The van der Waals surface area contributed by atoms with Crippen molar-refractivity contribution < 1.29 is 40.2 Å². The standard InChI is InChI=1S/C24H41N7O7/c25-17(1-3-20(26)33)19(32)8-12-5-14(6-15-10-29-11-30-15)16(7-13(12)9-21(27)34)24(38)31-18(23(28)37)2-4-22(35)36/h10-14,16-18,20-21,33-34H,1-9,25-27H2,(H2,28,37)(H,29,30)(H,31,38)(H,35,36)/t12?,13?,14-,16+,17?,18?,20?,21?/m1/s1. The molecule has 0 aromatic carbocycles. The molecule has 1 aliphatic carbocycles. The lowest BCUT2D eigenvalue weighted by molar-refractivity contribution is -0.405. The number of hydrogen-bond acceptors (Lipinski definition) is 10. The predicted octanol–water partition coefficient (Wildman–Crippen LogP) is -3.99. The molecule has 0 spiro atoms. The van der Waals surface area contributed by atoms with Gasteiger partial charge in [0.1, 0.15) is 24.5 Å². The van der Waals surface area contributed by atoms with Gasteiger partial charge in [-0.2, -0.15) is 0 Å². The van der Waals surface area contributed by atoms with Gasteiger partial charge in [0, 0.05) is 36.6 Å². The first-order chi connectivity index (χ1) is 17.9. The van der Waals surface area contributed by atoms with Crippen molar-refractivity contribution in [3.8, 4) is 0 Å². The lowest BCUT2D eigenvalue weighted by Crippen LogP contribution is -2.65. The van der Waals surface area contributed by atoms with Crippen molar-refractivity contribution in [1.29, 1.82) is 0 Å². The van der Waals surface area contributed by atoms with E-state index in [-0.39, 0.29) is 55.6 Å². The van der Waals surface area contributed by atoms with Crippen molar-refractivity contribution in [3.05, 3.63) is 18.2 Å². The molecule has 2 amide bonds. The molecular weight excluding hydrogens is 498 g/mol. The van der Waals surface area contributed by atoms with Gasteiger partial charge >= 0.3 is 0 Å². The molecule has 1 aromatic rings. The monoisotopic (exact) mass is 539 g/mol. The van der Waals surface area contributed by atoms with Crippen LogP contribution in [0.1, 0.15) is 57.1 Å². The van der Waals surface area contributed by atoms with Gasteiger partial charge in [0.15, 0.2) is 5.78 Å². The van der Waals surface area contributed by atoms with Gasteiger partial charge in [-0.05, 0) is 62.7 Å². The smallest absolute Gasteiger partial charge is 0.240 e. The van der Waals surface area contributed by atoms with E-state index in [4.69, 9.17) is 17.2 Å². The number of aliphatic hydroxyl groups excluding tert-OH is 2. The molecule has 38 heavy (non-hydrogen) atoms. The highest BCUT2D eigenvalue weighted by atomic mass is 16.4. The molecule has 1 aliphatic rings. The van der Waals surface area contributed by atoms with Gasteiger partial charge in [-0.25, -0.2) is 4.98 Å². The van der Waals surface area contributed by atoms with Crippen LogP contribution in [0.15, 0.2) is 12.5 Å². The number of Topliss-reactive ketones (excluding diaryl/α,β-unsaturated/α-hetero) is 1. The molecule has 0 radical (unpaired) electrons. The molecule has 0 bridgehead atoms. The number of aromatic amines is 1. The van der Waals surface area contributed by atoms with Crippen molar-refractivity contribution in [3.63, 3.8) is 0 Å². The summed E-state index contributed by atoms with van der Waals surface area (Å²) in [5.74, 6) is -4.16. The number of ketones is 1. The Hall–Kier alpha value is -2.91. The Morgan fingerprint density at radius 1 is 1.11 bits per heavy atom. The summed E-state index contributed by atoms with van der Waals surface area (Å²) in [5, 5.41) is 32.7. The van der Waals surface area contributed by atoms with Crippen molar-refractivity contribution in [1.82, 2.24) is 15.3 Å². The van der Waals surface area contributed by atoms with Crippen LogP contribution in [0.2, 0.25) is 0 Å². The lowest BCUT2D eigenvalue weighted by Gasteiger charge is -2.41. The van der Waals surface area contributed by atoms with E-state index in [1.54, 1.807) is 6.20 Å². The van der Waals surface area contributed by atoms with Gasteiger partial charge in [-0.3, -0.25) is 14.4 Å². The van der Waals surface area contributed by atoms with Gasteiger partial charge in [-0.15, -0.1) is 0 Å². The third-order valence-electron chi connectivity index (χ3n) is 7.34. The number of carboxylic acid groups (broad SMARTS) is 1. The zero-order valence-electron chi connectivity index (χ0n) is 21.5. The average molecular weight is 540 g/mol. The number of primary amides is 1. The van der Waals surface area contributed by atoms with E-state index >= 15 is 0 Å². The van der Waals surface area contributed by atoms with Crippen LogP contribution < -0.4 is 33.4 Å². The fraction of sp³-hybridized carbons (Fsp3) is 0.708. The van der Waals surface area contributed by atoms with Gasteiger partial charge in [-0.1, -0.05) is 0 Å². The van der Waals surface area contributed by atoms with Crippen LogP contribution >= 0.6 is 0 Å². The molecule has 214 valence electrons. The quantitative estimate of drug-likeness (QED) is 0.0942. The summed E-state index contributed by atoms with van der Waals surface area (Å²) < 4.78 is 0. The summed E-state index contributed by atoms with van der Waals surface area (Å²) in [6, 6.07) is -1.75. The number of nitrogens with zero attached hydrogens (tertiary/aromatic N) is 1. The summed E-state index contributed by atoms with van der Waals surface area (Å²) in [7, 11) is 0. The number of imidazole rings is 1. The first-order valence-electron chi connectivity index (χ1n) is 12.9. The van der Waals surface area contributed by atoms with E-state index in [0.717, 1.165) is 5.69 Å². The van der Waals surface area contributed by atoms with Crippen LogP contribution in [0.3, 0.4) is 0 Å². The second-order valence-electron chi connectivity index (χ2n) is 10.3. The molecule has 1 heterocycles. The number of H-pyrrole nitrogens is 1. The molecule has 0 saturated heterocycles. The third-order valence-corrected chi connectivity index (χ3v) is 7.34. The number of amides is 2. The molecule has 0 aliphatic heterocycles. The van der Waals surface area contributed by atoms with Crippen molar-refractivity contribution >= 4 is 23.6 Å². The molecule has 1 aromatic heterocycles. The molecule has 14 nitrogen and oxygen atoms in total.